The highest BCUT2D eigenvalue weighted by Crippen LogP contribution is 2.42. The maximum Gasteiger partial charge on any atom is 0.321 e. The van der Waals surface area contributed by atoms with E-state index in [1.807, 2.05) is 41.1 Å². The van der Waals surface area contributed by atoms with Gasteiger partial charge in [0.15, 0.2) is 11.5 Å². The van der Waals surface area contributed by atoms with Crippen LogP contribution in [0.15, 0.2) is 47.2 Å². The third-order valence-electron chi connectivity index (χ3n) is 5.39. The lowest BCUT2D eigenvalue weighted by atomic mass is 9.91. The van der Waals surface area contributed by atoms with Gasteiger partial charge in [0.2, 0.25) is 5.91 Å². The summed E-state index contributed by atoms with van der Waals surface area (Å²) < 4.78 is 11.0. The molecule has 4 rings (SSSR count). The number of nitrogens with zero attached hydrogens (tertiary/aromatic N) is 1. The average Bonchev–Trinajstić information content (AvgIpc) is 3.51. The molecule has 3 amide bonds. The highest BCUT2D eigenvalue weighted by atomic mass is 32.1. The van der Waals surface area contributed by atoms with Crippen molar-refractivity contribution in [3.8, 4) is 11.5 Å². The van der Waals surface area contributed by atoms with Gasteiger partial charge in [-0.15, -0.1) is 22.7 Å². The van der Waals surface area contributed by atoms with Gasteiger partial charge in [0.1, 0.15) is 0 Å². The molecule has 1 aliphatic heterocycles. The normalized spacial score (nSPS) is 15.6. The number of carbonyl (C=O) groups excluding carboxylic acids is 2. The fourth-order valence-corrected chi connectivity index (χ4v) is 5.44. The highest BCUT2D eigenvalue weighted by molar-refractivity contribution is 7.10. The number of ether oxygens (including phenoxy) is 2. The van der Waals surface area contributed by atoms with Crippen molar-refractivity contribution >= 4 is 34.6 Å². The Balaban J connectivity index is 1.49. The van der Waals surface area contributed by atoms with Crippen LogP contribution < -0.4 is 20.1 Å². The molecule has 2 aromatic heterocycles. The van der Waals surface area contributed by atoms with Gasteiger partial charge in [0, 0.05) is 16.3 Å². The van der Waals surface area contributed by atoms with Crippen molar-refractivity contribution in [1.82, 2.24) is 15.5 Å². The molecular formula is C23H25N3O4S2. The van der Waals surface area contributed by atoms with Crippen molar-refractivity contribution in [3.05, 3.63) is 68.0 Å². The SMILES string of the molecule is COc1cc2c(cc1OC)C(c1cccs1)N(CC(=O)NC(=O)NCc1cccs1)CC2. The van der Waals surface area contributed by atoms with Crippen LogP contribution in [0.3, 0.4) is 0 Å². The van der Waals surface area contributed by atoms with Gasteiger partial charge in [-0.1, -0.05) is 12.1 Å². The summed E-state index contributed by atoms with van der Waals surface area (Å²) in [4.78, 5) is 29.1. The first-order valence-corrected chi connectivity index (χ1v) is 12.0. The first-order valence-electron chi connectivity index (χ1n) is 10.2. The number of amides is 3. The van der Waals surface area contributed by atoms with Crippen molar-refractivity contribution in [2.24, 2.45) is 0 Å². The van der Waals surface area contributed by atoms with E-state index in [4.69, 9.17) is 9.47 Å². The summed E-state index contributed by atoms with van der Waals surface area (Å²) >= 11 is 3.20. The molecule has 2 N–H and O–H groups in total. The Morgan fingerprint density at radius 1 is 1.09 bits per heavy atom. The number of nitrogens with one attached hydrogen (secondary N) is 2. The lowest BCUT2D eigenvalue weighted by Crippen LogP contribution is -2.46. The van der Waals surface area contributed by atoms with Crippen LogP contribution in [-0.4, -0.2) is 44.1 Å². The fraction of sp³-hybridized carbons (Fsp3) is 0.304. The molecule has 1 atom stereocenters. The van der Waals surface area contributed by atoms with Crippen molar-refractivity contribution < 1.29 is 19.1 Å². The zero-order valence-electron chi connectivity index (χ0n) is 17.9. The van der Waals surface area contributed by atoms with Crippen LogP contribution in [0.25, 0.3) is 0 Å². The van der Waals surface area contributed by atoms with Crippen LogP contribution >= 0.6 is 22.7 Å². The third-order valence-corrected chi connectivity index (χ3v) is 7.19. The van der Waals surface area contributed by atoms with Crippen LogP contribution in [-0.2, 0) is 17.8 Å². The number of urea groups is 1. The van der Waals surface area contributed by atoms with Gasteiger partial charge in [-0.25, -0.2) is 4.79 Å². The summed E-state index contributed by atoms with van der Waals surface area (Å²) in [6.45, 7) is 1.20. The number of methoxy groups -OCH3 is 2. The van der Waals surface area contributed by atoms with Gasteiger partial charge in [-0.05, 0) is 52.6 Å². The molecule has 0 spiro atoms. The summed E-state index contributed by atoms with van der Waals surface area (Å²) in [5.41, 5.74) is 2.26. The number of benzene rings is 1. The quantitative estimate of drug-likeness (QED) is 0.548. The van der Waals surface area contributed by atoms with E-state index in [1.165, 1.54) is 5.56 Å². The Kier molecular flexibility index (Phi) is 7.09. The molecule has 0 fully saturated rings. The van der Waals surface area contributed by atoms with E-state index in [1.54, 1.807) is 36.9 Å². The van der Waals surface area contributed by atoms with Gasteiger partial charge in [-0.2, -0.15) is 0 Å². The molecular weight excluding hydrogens is 446 g/mol. The molecule has 1 aromatic carbocycles. The first-order chi connectivity index (χ1) is 15.6. The Morgan fingerprint density at radius 2 is 1.84 bits per heavy atom. The number of fused-ring (bicyclic) bond motifs is 1. The van der Waals surface area contributed by atoms with Crippen LogP contribution in [0.1, 0.15) is 26.9 Å². The Hall–Kier alpha value is -2.88. The second-order valence-corrected chi connectivity index (χ2v) is 9.37. The van der Waals surface area contributed by atoms with Crippen molar-refractivity contribution in [3.63, 3.8) is 0 Å². The van der Waals surface area contributed by atoms with Crippen molar-refractivity contribution in [1.29, 1.82) is 0 Å². The minimum atomic E-state index is -0.486. The lowest BCUT2D eigenvalue weighted by molar-refractivity contribution is -0.121. The standard InChI is InChI=1S/C23H25N3O4S2/c1-29-18-11-15-7-8-26(14-21(27)25-23(28)24-13-16-5-3-9-31-16)22(20-6-4-10-32-20)17(15)12-19(18)30-2/h3-6,9-12,22H,7-8,13-14H2,1-2H3,(H2,24,25,27,28). The van der Waals surface area contributed by atoms with E-state index in [0.29, 0.717) is 24.6 Å². The molecule has 1 aliphatic rings. The summed E-state index contributed by atoms with van der Waals surface area (Å²) in [5.74, 6) is 1.02. The zero-order chi connectivity index (χ0) is 22.5. The molecule has 0 aliphatic carbocycles. The molecule has 168 valence electrons. The topological polar surface area (TPSA) is 79.9 Å². The van der Waals surface area contributed by atoms with Crippen LogP contribution in [0, 0.1) is 0 Å². The summed E-state index contributed by atoms with van der Waals surface area (Å²) in [5, 5.41) is 9.16. The number of thiophene rings is 2. The molecule has 3 heterocycles. The van der Waals surface area contributed by atoms with E-state index < -0.39 is 6.03 Å². The van der Waals surface area contributed by atoms with Gasteiger partial charge >= 0.3 is 6.03 Å². The average molecular weight is 472 g/mol. The van der Waals surface area contributed by atoms with Crippen molar-refractivity contribution in [2.45, 2.75) is 19.0 Å². The zero-order valence-corrected chi connectivity index (χ0v) is 19.6. The molecule has 7 nitrogen and oxygen atoms in total. The highest BCUT2D eigenvalue weighted by Gasteiger charge is 2.32. The Morgan fingerprint density at radius 3 is 2.53 bits per heavy atom. The van der Waals surface area contributed by atoms with Crippen LogP contribution in [0.4, 0.5) is 4.79 Å². The summed E-state index contributed by atoms with van der Waals surface area (Å²) in [7, 11) is 3.25. The minimum absolute atomic E-state index is 0.0986. The summed E-state index contributed by atoms with van der Waals surface area (Å²) in [6, 6.07) is 11.4. The number of hydrogen-bond acceptors (Lipinski definition) is 7. The Labute approximate surface area is 195 Å². The molecule has 9 heteroatoms. The molecule has 0 saturated carbocycles. The predicted octanol–water partition coefficient (Wildman–Crippen LogP) is 3.80. The number of imide groups is 1. The van der Waals surface area contributed by atoms with E-state index in [2.05, 4.69) is 21.6 Å². The number of carbonyl (C=O) groups is 2. The fourth-order valence-electron chi connectivity index (χ4n) is 3.92. The second-order valence-electron chi connectivity index (χ2n) is 7.35. The van der Waals surface area contributed by atoms with Gasteiger partial charge in [-0.3, -0.25) is 15.0 Å². The molecule has 3 aromatic rings. The van der Waals surface area contributed by atoms with E-state index in [9.17, 15) is 9.59 Å². The van der Waals surface area contributed by atoms with E-state index in [-0.39, 0.29) is 18.5 Å². The minimum Gasteiger partial charge on any atom is -0.493 e. The van der Waals surface area contributed by atoms with Crippen LogP contribution in [0.5, 0.6) is 11.5 Å². The Bertz CT molecular complexity index is 1070. The molecule has 1 unspecified atom stereocenters. The van der Waals surface area contributed by atoms with E-state index >= 15 is 0 Å². The number of hydrogen-bond donors (Lipinski definition) is 2. The maximum atomic E-state index is 12.7. The van der Waals surface area contributed by atoms with E-state index in [0.717, 1.165) is 21.7 Å². The second kappa shape index (κ2) is 10.2. The lowest BCUT2D eigenvalue weighted by Gasteiger charge is -2.36. The smallest absolute Gasteiger partial charge is 0.321 e. The summed E-state index contributed by atoms with van der Waals surface area (Å²) in [6.07, 6.45) is 0.773. The predicted molar refractivity (Wildman–Crippen MR) is 126 cm³/mol. The largest absolute Gasteiger partial charge is 0.493 e. The van der Waals surface area contributed by atoms with Crippen LogP contribution in [0.2, 0.25) is 0 Å². The monoisotopic (exact) mass is 471 g/mol. The molecule has 0 radical (unpaired) electrons. The first kappa shape index (κ1) is 22.3. The maximum absolute atomic E-state index is 12.7. The number of rotatable bonds is 7. The third kappa shape index (κ3) is 4.95. The molecule has 0 saturated heterocycles. The van der Waals surface area contributed by atoms with Gasteiger partial charge in [0.25, 0.3) is 0 Å². The van der Waals surface area contributed by atoms with Gasteiger partial charge in [0.05, 0.1) is 33.4 Å². The van der Waals surface area contributed by atoms with Crippen molar-refractivity contribution in [2.75, 3.05) is 27.3 Å². The molecule has 32 heavy (non-hydrogen) atoms. The molecule has 0 bridgehead atoms. The van der Waals surface area contributed by atoms with Gasteiger partial charge < -0.3 is 14.8 Å².